The van der Waals surface area contributed by atoms with Crippen LogP contribution in [0.15, 0.2) is 67.1 Å². The van der Waals surface area contributed by atoms with E-state index in [1.165, 1.54) is 6.33 Å². The van der Waals surface area contributed by atoms with Crippen LogP contribution in [0.3, 0.4) is 0 Å². The molecule has 202 valence electrons. The monoisotopic (exact) mass is 528 g/mol. The first-order valence-corrected chi connectivity index (χ1v) is 13.3. The highest BCUT2D eigenvalue weighted by Crippen LogP contribution is 2.43. The summed E-state index contributed by atoms with van der Waals surface area (Å²) in [4.78, 5) is 26.4. The molecule has 2 aromatic heterocycles. The van der Waals surface area contributed by atoms with Crippen molar-refractivity contribution in [2.75, 3.05) is 38.6 Å². The minimum atomic E-state index is -0.413. The lowest BCUT2D eigenvalue weighted by molar-refractivity contribution is -0.146. The minimum absolute atomic E-state index is 0.259. The molecule has 3 N–H and O–H groups in total. The van der Waals surface area contributed by atoms with E-state index in [1.54, 1.807) is 5.06 Å². The van der Waals surface area contributed by atoms with Crippen LogP contribution >= 0.6 is 0 Å². The molecule has 1 saturated carbocycles. The number of benzene rings is 2. The van der Waals surface area contributed by atoms with Crippen molar-refractivity contribution in [2.24, 2.45) is 5.92 Å². The molecule has 39 heavy (non-hydrogen) atoms. The van der Waals surface area contributed by atoms with Gasteiger partial charge in [0, 0.05) is 24.3 Å². The molecule has 1 aliphatic carbocycles. The molecule has 0 bridgehead atoms. The SMILES string of the molecule is Nc1ncnc2c1c(-c1cccc(OCc3ccccc3)c1)cn2C1CC(CNC(=O)ON2CCOCC2)C1. The molecule has 6 rings (SSSR count). The molecule has 0 unspecified atom stereocenters. The lowest BCUT2D eigenvalue weighted by Gasteiger charge is -2.36. The Morgan fingerprint density at radius 1 is 1.08 bits per heavy atom. The summed E-state index contributed by atoms with van der Waals surface area (Å²) < 4.78 is 13.5. The van der Waals surface area contributed by atoms with Gasteiger partial charge in [-0.15, -0.1) is 5.06 Å². The number of nitrogens with one attached hydrogen (secondary N) is 1. The van der Waals surface area contributed by atoms with Crippen molar-refractivity contribution in [3.8, 4) is 16.9 Å². The zero-order chi connectivity index (χ0) is 26.6. The number of nitrogens with two attached hydrogens (primary N) is 1. The van der Waals surface area contributed by atoms with Gasteiger partial charge in [-0.3, -0.25) is 0 Å². The summed E-state index contributed by atoms with van der Waals surface area (Å²) in [6, 6.07) is 18.4. The molecule has 1 aliphatic heterocycles. The largest absolute Gasteiger partial charge is 0.489 e. The minimum Gasteiger partial charge on any atom is -0.489 e. The summed E-state index contributed by atoms with van der Waals surface area (Å²) >= 11 is 0. The highest BCUT2D eigenvalue weighted by atomic mass is 16.7. The third kappa shape index (κ3) is 5.67. The second-order valence-electron chi connectivity index (χ2n) is 10.0. The van der Waals surface area contributed by atoms with Crippen molar-refractivity contribution in [3.05, 3.63) is 72.7 Å². The second kappa shape index (κ2) is 11.3. The van der Waals surface area contributed by atoms with Crippen LogP contribution in [0.4, 0.5) is 10.6 Å². The van der Waals surface area contributed by atoms with Crippen LogP contribution in [-0.4, -0.2) is 58.5 Å². The smallest absolute Gasteiger partial charge is 0.426 e. The van der Waals surface area contributed by atoms with Gasteiger partial charge >= 0.3 is 6.09 Å². The Hall–Kier alpha value is -4.15. The number of anilines is 1. The molecule has 1 amide bonds. The maximum absolute atomic E-state index is 12.2. The third-order valence-electron chi connectivity index (χ3n) is 7.35. The molecule has 0 radical (unpaired) electrons. The number of morpholine rings is 1. The van der Waals surface area contributed by atoms with Gasteiger partial charge in [0.2, 0.25) is 0 Å². The highest BCUT2D eigenvalue weighted by molar-refractivity contribution is 6.00. The van der Waals surface area contributed by atoms with Crippen molar-refractivity contribution in [3.63, 3.8) is 0 Å². The number of rotatable bonds is 8. The van der Waals surface area contributed by atoms with Gasteiger partial charge in [0.05, 0.1) is 31.7 Å². The van der Waals surface area contributed by atoms with Gasteiger partial charge in [0.15, 0.2) is 0 Å². The number of carbonyl (C=O) groups is 1. The van der Waals surface area contributed by atoms with E-state index < -0.39 is 6.09 Å². The summed E-state index contributed by atoms with van der Waals surface area (Å²) in [5.41, 5.74) is 10.3. The normalized spacial score (nSPS) is 19.4. The molecule has 1 saturated heterocycles. The van der Waals surface area contributed by atoms with E-state index in [0.717, 1.165) is 46.3 Å². The van der Waals surface area contributed by atoms with Gasteiger partial charge in [-0.05, 0) is 42.0 Å². The first-order chi connectivity index (χ1) is 19.1. The number of fused-ring (bicyclic) bond motifs is 1. The maximum atomic E-state index is 12.2. The predicted molar refractivity (Wildman–Crippen MR) is 147 cm³/mol. The Labute approximate surface area is 226 Å². The molecule has 0 atom stereocenters. The van der Waals surface area contributed by atoms with E-state index in [-0.39, 0.29) is 6.04 Å². The van der Waals surface area contributed by atoms with Crippen molar-refractivity contribution >= 4 is 22.9 Å². The third-order valence-corrected chi connectivity index (χ3v) is 7.35. The van der Waals surface area contributed by atoms with Gasteiger partial charge in [-0.25, -0.2) is 14.8 Å². The fraction of sp³-hybridized carbons (Fsp3) is 0.345. The Bertz CT molecular complexity index is 1430. The summed E-state index contributed by atoms with van der Waals surface area (Å²) in [5, 5.41) is 5.38. The molecule has 10 heteroatoms. The van der Waals surface area contributed by atoms with Crippen molar-refractivity contribution in [2.45, 2.75) is 25.5 Å². The number of hydroxylamine groups is 2. The molecule has 4 aromatic rings. The predicted octanol–water partition coefficient (Wildman–Crippen LogP) is 4.18. The average molecular weight is 529 g/mol. The zero-order valence-corrected chi connectivity index (χ0v) is 21.7. The number of nitrogen functional groups attached to an aromatic ring is 1. The number of carbonyl (C=O) groups excluding carboxylic acids is 1. The van der Waals surface area contributed by atoms with Gasteiger partial charge in [-0.2, -0.15) is 0 Å². The molecule has 2 fully saturated rings. The Balaban J connectivity index is 1.13. The number of nitrogens with zero attached hydrogens (tertiary/aromatic N) is 4. The van der Waals surface area contributed by atoms with E-state index in [2.05, 4.69) is 32.1 Å². The van der Waals surface area contributed by atoms with E-state index in [1.807, 2.05) is 48.5 Å². The first-order valence-electron chi connectivity index (χ1n) is 13.3. The maximum Gasteiger partial charge on any atom is 0.426 e. The quantitative estimate of drug-likeness (QED) is 0.350. The number of hydrogen-bond donors (Lipinski definition) is 2. The molecule has 0 spiro atoms. The van der Waals surface area contributed by atoms with Crippen LogP contribution in [-0.2, 0) is 16.2 Å². The molecule has 2 aromatic carbocycles. The number of ether oxygens (including phenoxy) is 2. The van der Waals surface area contributed by atoms with Gasteiger partial charge in [0.25, 0.3) is 0 Å². The molecular weight excluding hydrogens is 496 g/mol. The van der Waals surface area contributed by atoms with Gasteiger partial charge in [0.1, 0.15) is 30.1 Å². The summed E-state index contributed by atoms with van der Waals surface area (Å²) in [5.74, 6) is 1.60. The Morgan fingerprint density at radius 2 is 1.90 bits per heavy atom. The second-order valence-corrected chi connectivity index (χ2v) is 10.0. The van der Waals surface area contributed by atoms with Crippen LogP contribution in [0.1, 0.15) is 24.4 Å². The molecular formula is C29H32N6O4. The number of hydrogen-bond acceptors (Lipinski definition) is 8. The van der Waals surface area contributed by atoms with Crippen molar-refractivity contribution in [1.29, 1.82) is 0 Å². The van der Waals surface area contributed by atoms with Crippen LogP contribution in [0, 0.1) is 5.92 Å². The van der Waals surface area contributed by atoms with Gasteiger partial charge < -0.3 is 29.9 Å². The summed E-state index contributed by atoms with van der Waals surface area (Å²) in [7, 11) is 0. The Kier molecular flexibility index (Phi) is 7.29. The summed E-state index contributed by atoms with van der Waals surface area (Å²) in [6.45, 7) is 3.40. The van der Waals surface area contributed by atoms with Crippen LogP contribution in [0.25, 0.3) is 22.2 Å². The fourth-order valence-corrected chi connectivity index (χ4v) is 5.21. The van der Waals surface area contributed by atoms with E-state index in [9.17, 15) is 4.79 Å². The van der Waals surface area contributed by atoms with Crippen molar-refractivity contribution in [1.82, 2.24) is 24.9 Å². The van der Waals surface area contributed by atoms with Gasteiger partial charge in [-0.1, -0.05) is 42.5 Å². The number of aromatic nitrogens is 3. The van der Waals surface area contributed by atoms with E-state index >= 15 is 0 Å². The summed E-state index contributed by atoms with van der Waals surface area (Å²) in [6.07, 6.45) is 5.06. The Morgan fingerprint density at radius 3 is 2.72 bits per heavy atom. The van der Waals surface area contributed by atoms with E-state index in [0.29, 0.717) is 51.2 Å². The average Bonchev–Trinajstić information content (AvgIpc) is 3.33. The fourth-order valence-electron chi connectivity index (χ4n) is 5.21. The number of amides is 1. The van der Waals surface area contributed by atoms with E-state index in [4.69, 9.17) is 20.0 Å². The standard InChI is InChI=1S/C29H32N6O4/c30-27-26-25(22-7-4-8-24(15-22)38-18-20-5-2-1-3-6-20)17-35(28(26)33-19-32-27)23-13-21(14-23)16-31-29(36)39-34-9-11-37-12-10-34/h1-8,15,17,19,21,23H,9-14,16,18H2,(H,31,36)(H2,30,32,33). The van der Waals surface area contributed by atoms with Crippen LogP contribution < -0.4 is 15.8 Å². The molecule has 3 heterocycles. The van der Waals surface area contributed by atoms with Crippen LogP contribution in [0.2, 0.25) is 0 Å². The topological polar surface area (TPSA) is 117 Å². The van der Waals surface area contributed by atoms with Crippen LogP contribution in [0.5, 0.6) is 5.75 Å². The molecule has 10 nitrogen and oxygen atoms in total. The van der Waals surface area contributed by atoms with Crippen molar-refractivity contribution < 1.29 is 19.1 Å². The highest BCUT2D eigenvalue weighted by Gasteiger charge is 2.33. The first kappa shape index (κ1) is 25.1. The lowest BCUT2D eigenvalue weighted by Crippen LogP contribution is -2.43. The molecule has 2 aliphatic rings. The zero-order valence-electron chi connectivity index (χ0n) is 21.7. The lowest BCUT2D eigenvalue weighted by atomic mass is 9.80.